The van der Waals surface area contributed by atoms with Gasteiger partial charge >= 0.3 is 5.97 Å². The van der Waals surface area contributed by atoms with Gasteiger partial charge in [0.05, 0.1) is 11.7 Å². The minimum atomic E-state index is -0.741. The van der Waals surface area contributed by atoms with Crippen molar-refractivity contribution < 1.29 is 28.5 Å². The summed E-state index contributed by atoms with van der Waals surface area (Å²) in [5.74, 6) is -1.20. The van der Waals surface area contributed by atoms with Gasteiger partial charge in [-0.2, -0.15) is 0 Å². The summed E-state index contributed by atoms with van der Waals surface area (Å²) < 4.78 is 28.4. The van der Waals surface area contributed by atoms with E-state index in [1.165, 1.54) is 0 Å². The third-order valence-electron chi connectivity index (χ3n) is 3.59. The van der Waals surface area contributed by atoms with Crippen LogP contribution in [0.5, 0.6) is 0 Å². The summed E-state index contributed by atoms with van der Waals surface area (Å²) >= 11 is 0. The SMILES string of the molecule is C=C1C(=O)O[C@@H]2[C@H]3OC(C)(C)O[C@H]3O[C@@H]2[C@@H]1OC(C)C. The fourth-order valence-corrected chi connectivity index (χ4v) is 2.85. The molecule has 0 saturated carbocycles. The first-order valence-electron chi connectivity index (χ1n) is 6.85. The quantitative estimate of drug-likeness (QED) is 0.559. The lowest BCUT2D eigenvalue weighted by molar-refractivity contribution is -0.237. The van der Waals surface area contributed by atoms with Crippen LogP contribution < -0.4 is 0 Å². The van der Waals surface area contributed by atoms with Gasteiger partial charge in [0.2, 0.25) is 0 Å². The maximum atomic E-state index is 11.9. The molecule has 0 aromatic carbocycles. The van der Waals surface area contributed by atoms with Gasteiger partial charge in [-0.15, -0.1) is 0 Å². The lowest BCUT2D eigenvalue weighted by atomic mass is 9.96. The molecule has 0 aromatic heterocycles. The third kappa shape index (κ3) is 2.16. The number of fused-ring (bicyclic) bond motifs is 3. The van der Waals surface area contributed by atoms with Crippen molar-refractivity contribution >= 4 is 5.97 Å². The molecule has 20 heavy (non-hydrogen) atoms. The Morgan fingerprint density at radius 1 is 1.20 bits per heavy atom. The summed E-state index contributed by atoms with van der Waals surface area (Å²) in [6, 6.07) is 0. The van der Waals surface area contributed by atoms with E-state index in [4.69, 9.17) is 23.7 Å². The fraction of sp³-hybridized carbons (Fsp3) is 0.786. The molecule has 0 aliphatic carbocycles. The van der Waals surface area contributed by atoms with Crippen molar-refractivity contribution in [2.24, 2.45) is 0 Å². The number of hydrogen-bond acceptors (Lipinski definition) is 6. The second-order valence-corrected chi connectivity index (χ2v) is 6.07. The van der Waals surface area contributed by atoms with Gasteiger partial charge in [-0.1, -0.05) is 6.58 Å². The van der Waals surface area contributed by atoms with Crippen LogP contribution in [-0.4, -0.2) is 48.6 Å². The molecular weight excluding hydrogens is 264 g/mol. The Hall–Kier alpha value is -0.950. The smallest absolute Gasteiger partial charge is 0.336 e. The van der Waals surface area contributed by atoms with E-state index in [9.17, 15) is 4.79 Å². The van der Waals surface area contributed by atoms with Gasteiger partial charge < -0.3 is 23.7 Å². The van der Waals surface area contributed by atoms with Crippen LogP contribution in [0.25, 0.3) is 0 Å². The highest BCUT2D eigenvalue weighted by molar-refractivity contribution is 5.90. The molecule has 0 radical (unpaired) electrons. The maximum absolute atomic E-state index is 11.9. The Labute approximate surface area is 118 Å². The Morgan fingerprint density at radius 2 is 1.90 bits per heavy atom. The van der Waals surface area contributed by atoms with Gasteiger partial charge in [0.15, 0.2) is 24.3 Å². The Bertz CT molecular complexity index is 443. The molecule has 5 atom stereocenters. The van der Waals surface area contributed by atoms with E-state index in [2.05, 4.69) is 6.58 Å². The minimum Gasteiger partial charge on any atom is -0.453 e. The van der Waals surface area contributed by atoms with E-state index in [0.717, 1.165) is 0 Å². The van der Waals surface area contributed by atoms with E-state index in [1.807, 2.05) is 13.8 Å². The van der Waals surface area contributed by atoms with Gasteiger partial charge in [-0.05, 0) is 27.7 Å². The van der Waals surface area contributed by atoms with Crippen LogP contribution >= 0.6 is 0 Å². The summed E-state index contributed by atoms with van der Waals surface area (Å²) in [6.45, 7) is 11.1. The first kappa shape index (κ1) is 14.0. The monoisotopic (exact) mass is 284 g/mol. The van der Waals surface area contributed by atoms with E-state index in [1.54, 1.807) is 13.8 Å². The topological polar surface area (TPSA) is 63.2 Å². The highest BCUT2D eigenvalue weighted by Crippen LogP contribution is 2.43. The van der Waals surface area contributed by atoms with Crippen molar-refractivity contribution in [2.45, 2.75) is 70.3 Å². The molecule has 0 bridgehead atoms. The number of rotatable bonds is 2. The molecule has 6 heteroatoms. The zero-order valence-electron chi connectivity index (χ0n) is 12.1. The van der Waals surface area contributed by atoms with Crippen molar-refractivity contribution in [3.05, 3.63) is 12.2 Å². The molecule has 0 spiro atoms. The maximum Gasteiger partial charge on any atom is 0.336 e. The van der Waals surface area contributed by atoms with Crippen molar-refractivity contribution in [3.8, 4) is 0 Å². The molecule has 3 heterocycles. The molecule has 6 nitrogen and oxygen atoms in total. The van der Waals surface area contributed by atoms with Crippen LogP contribution in [0.3, 0.4) is 0 Å². The van der Waals surface area contributed by atoms with E-state index in [0.29, 0.717) is 0 Å². The Morgan fingerprint density at radius 3 is 2.55 bits per heavy atom. The largest absolute Gasteiger partial charge is 0.453 e. The van der Waals surface area contributed by atoms with Gasteiger partial charge in [-0.25, -0.2) is 4.79 Å². The first-order chi connectivity index (χ1) is 9.28. The first-order valence-corrected chi connectivity index (χ1v) is 6.85. The molecule has 3 aliphatic rings. The van der Waals surface area contributed by atoms with Crippen molar-refractivity contribution in [1.82, 2.24) is 0 Å². The summed E-state index contributed by atoms with van der Waals surface area (Å²) in [7, 11) is 0. The highest BCUT2D eigenvalue weighted by Gasteiger charge is 2.61. The van der Waals surface area contributed by atoms with Gasteiger partial charge in [-0.3, -0.25) is 0 Å². The molecule has 112 valence electrons. The summed E-state index contributed by atoms with van der Waals surface area (Å²) in [5.41, 5.74) is 0.277. The second-order valence-electron chi connectivity index (χ2n) is 6.07. The zero-order chi connectivity index (χ0) is 14.7. The van der Waals surface area contributed by atoms with Crippen LogP contribution in [0.1, 0.15) is 27.7 Å². The standard InChI is InChI=1S/C14H20O6/c1-6(2)16-8-7(3)12(15)17-10-9(8)18-13-11(10)19-14(4,5)20-13/h6,8-11,13H,3H2,1-2,4-5H3/t8-,9-,10+,11-,13-/m1/s1. The average Bonchev–Trinajstić information content (AvgIpc) is 2.77. The predicted octanol–water partition coefficient (Wildman–Crippen LogP) is 1.14. The summed E-state index contributed by atoms with van der Waals surface area (Å²) in [4.78, 5) is 11.9. The summed E-state index contributed by atoms with van der Waals surface area (Å²) in [6.07, 6.45) is -2.51. The summed E-state index contributed by atoms with van der Waals surface area (Å²) in [5, 5.41) is 0. The van der Waals surface area contributed by atoms with Crippen LogP contribution in [0, 0.1) is 0 Å². The molecular formula is C14H20O6. The third-order valence-corrected chi connectivity index (χ3v) is 3.59. The fourth-order valence-electron chi connectivity index (χ4n) is 2.85. The van der Waals surface area contributed by atoms with Gasteiger partial charge in [0.25, 0.3) is 0 Å². The number of ether oxygens (including phenoxy) is 5. The van der Waals surface area contributed by atoms with E-state index < -0.39 is 42.5 Å². The van der Waals surface area contributed by atoms with Gasteiger partial charge in [0.1, 0.15) is 12.2 Å². The molecule has 0 unspecified atom stereocenters. The van der Waals surface area contributed by atoms with Gasteiger partial charge in [0, 0.05) is 0 Å². The Balaban J connectivity index is 1.83. The number of carbonyl (C=O) groups is 1. The molecule has 3 aliphatic heterocycles. The average molecular weight is 284 g/mol. The number of hydrogen-bond donors (Lipinski definition) is 0. The van der Waals surface area contributed by atoms with Crippen LogP contribution in [-0.2, 0) is 28.5 Å². The molecule has 0 N–H and O–H groups in total. The number of esters is 1. The zero-order valence-corrected chi connectivity index (χ0v) is 12.1. The molecule has 3 fully saturated rings. The molecule has 0 amide bonds. The van der Waals surface area contributed by atoms with E-state index >= 15 is 0 Å². The van der Waals surface area contributed by atoms with Crippen molar-refractivity contribution in [1.29, 1.82) is 0 Å². The molecule has 3 saturated heterocycles. The molecule has 3 rings (SSSR count). The Kier molecular flexibility index (Phi) is 3.17. The van der Waals surface area contributed by atoms with Crippen LogP contribution in [0.4, 0.5) is 0 Å². The predicted molar refractivity (Wildman–Crippen MR) is 67.7 cm³/mol. The molecule has 0 aromatic rings. The van der Waals surface area contributed by atoms with Crippen LogP contribution in [0.15, 0.2) is 12.2 Å². The normalized spacial score (nSPS) is 42.5. The lowest BCUT2D eigenvalue weighted by Crippen LogP contribution is -2.51. The van der Waals surface area contributed by atoms with Crippen molar-refractivity contribution in [3.63, 3.8) is 0 Å². The minimum absolute atomic E-state index is 0.0504. The second kappa shape index (κ2) is 4.53. The van der Waals surface area contributed by atoms with E-state index in [-0.39, 0.29) is 11.7 Å². The number of carbonyl (C=O) groups excluding carboxylic acids is 1. The van der Waals surface area contributed by atoms with Crippen LogP contribution in [0.2, 0.25) is 0 Å². The van der Waals surface area contributed by atoms with Crippen molar-refractivity contribution in [2.75, 3.05) is 0 Å². The highest BCUT2D eigenvalue weighted by atomic mass is 16.8. The lowest BCUT2D eigenvalue weighted by Gasteiger charge is -2.36.